The molecule has 2 aliphatic rings. The fraction of sp³-hybridized carbons (Fsp3) is 0.375. The summed E-state index contributed by atoms with van der Waals surface area (Å²) in [5.74, 6) is 0.622. The van der Waals surface area contributed by atoms with Gasteiger partial charge in [0.2, 0.25) is 0 Å². The first-order chi connectivity index (χ1) is 10.3. The molecule has 0 atom stereocenters. The molecule has 0 aliphatic carbocycles. The molecule has 1 saturated heterocycles. The Balaban J connectivity index is 1.79. The predicted octanol–water partition coefficient (Wildman–Crippen LogP) is 3.15. The Labute approximate surface area is 128 Å². The summed E-state index contributed by atoms with van der Waals surface area (Å²) < 4.78 is 5.32. The van der Waals surface area contributed by atoms with Crippen molar-refractivity contribution in [2.75, 3.05) is 20.2 Å². The van der Waals surface area contributed by atoms with Gasteiger partial charge in [-0.15, -0.1) is 0 Å². The molecule has 0 unspecified atom stereocenters. The van der Waals surface area contributed by atoms with Gasteiger partial charge in [-0.05, 0) is 43.2 Å². The number of rotatable bonds is 2. The van der Waals surface area contributed by atoms with E-state index < -0.39 is 0 Å². The number of amidine groups is 1. The van der Waals surface area contributed by atoms with E-state index >= 15 is 0 Å². The van der Waals surface area contributed by atoms with Crippen LogP contribution >= 0.6 is 11.8 Å². The second kappa shape index (κ2) is 6.35. The predicted molar refractivity (Wildman–Crippen MR) is 86.4 cm³/mol. The van der Waals surface area contributed by atoms with Gasteiger partial charge in [0, 0.05) is 18.7 Å². The van der Waals surface area contributed by atoms with Crippen LogP contribution in [0, 0.1) is 0 Å². The molecule has 5 heteroatoms. The summed E-state index contributed by atoms with van der Waals surface area (Å²) >= 11 is 1.47. The second-order valence-corrected chi connectivity index (χ2v) is 6.11. The minimum atomic E-state index is -0.147. The Morgan fingerprint density at radius 2 is 2.00 bits per heavy atom. The van der Waals surface area contributed by atoms with Crippen molar-refractivity contribution in [2.24, 2.45) is 4.99 Å². The van der Waals surface area contributed by atoms with E-state index in [1.807, 2.05) is 30.3 Å². The van der Waals surface area contributed by atoms with Gasteiger partial charge in [0.15, 0.2) is 5.17 Å². The molecular weight excluding hydrogens is 284 g/mol. The van der Waals surface area contributed by atoms with Crippen LogP contribution < -0.4 is 4.74 Å². The molecule has 4 nitrogen and oxygen atoms in total. The molecule has 0 radical (unpaired) electrons. The van der Waals surface area contributed by atoms with Crippen molar-refractivity contribution < 1.29 is 9.53 Å². The number of carbonyl (C=O) groups is 1. The number of hydrogen-bond donors (Lipinski definition) is 0. The van der Waals surface area contributed by atoms with Gasteiger partial charge in [0.1, 0.15) is 5.75 Å². The molecule has 0 bridgehead atoms. The lowest BCUT2D eigenvalue weighted by molar-refractivity contribution is -0.113. The molecule has 2 aliphatic heterocycles. The van der Waals surface area contributed by atoms with Crippen LogP contribution in [0.4, 0.5) is 0 Å². The van der Waals surface area contributed by atoms with Gasteiger partial charge >= 0.3 is 0 Å². The third-order valence-corrected chi connectivity index (χ3v) is 4.71. The van der Waals surface area contributed by atoms with E-state index in [1.165, 1.54) is 31.0 Å². The van der Waals surface area contributed by atoms with E-state index in [0.717, 1.165) is 29.6 Å². The summed E-state index contributed by atoms with van der Waals surface area (Å²) in [6.45, 7) is 2.00. The molecule has 1 amide bonds. The van der Waals surface area contributed by atoms with Crippen molar-refractivity contribution in [3.63, 3.8) is 0 Å². The summed E-state index contributed by atoms with van der Waals surface area (Å²) in [6.07, 6.45) is 5.50. The Morgan fingerprint density at radius 1 is 1.24 bits per heavy atom. The molecule has 0 spiro atoms. The van der Waals surface area contributed by atoms with E-state index in [-0.39, 0.29) is 5.91 Å². The molecule has 0 saturated carbocycles. The van der Waals surface area contributed by atoms with Gasteiger partial charge in [0.05, 0.1) is 12.0 Å². The smallest absolute Gasteiger partial charge is 0.286 e. The van der Waals surface area contributed by atoms with E-state index in [1.54, 1.807) is 7.11 Å². The molecule has 3 rings (SSSR count). The quantitative estimate of drug-likeness (QED) is 0.787. The van der Waals surface area contributed by atoms with Crippen LogP contribution in [0.25, 0.3) is 6.08 Å². The van der Waals surface area contributed by atoms with E-state index in [2.05, 4.69) is 9.89 Å². The Bertz CT molecular complexity index is 604. The monoisotopic (exact) mass is 302 g/mol. The highest BCUT2D eigenvalue weighted by Crippen LogP contribution is 2.33. The minimum Gasteiger partial charge on any atom is -0.496 e. The van der Waals surface area contributed by atoms with Crippen molar-refractivity contribution in [2.45, 2.75) is 19.3 Å². The number of benzene rings is 1. The summed E-state index contributed by atoms with van der Waals surface area (Å²) in [6, 6.07) is 7.69. The van der Waals surface area contributed by atoms with Crippen LogP contribution in [0.1, 0.15) is 24.8 Å². The van der Waals surface area contributed by atoms with Gasteiger partial charge in [-0.1, -0.05) is 18.2 Å². The molecule has 1 aromatic rings. The zero-order valence-electron chi connectivity index (χ0n) is 12.0. The normalized spacial score (nSPS) is 20.8. The van der Waals surface area contributed by atoms with Crippen LogP contribution in [0.15, 0.2) is 34.2 Å². The maximum Gasteiger partial charge on any atom is 0.286 e. The summed E-state index contributed by atoms with van der Waals surface area (Å²) in [7, 11) is 1.64. The van der Waals surface area contributed by atoms with Crippen molar-refractivity contribution >= 4 is 28.9 Å². The summed E-state index contributed by atoms with van der Waals surface area (Å²) in [4.78, 5) is 19.2. The van der Waals surface area contributed by atoms with Crippen molar-refractivity contribution in [1.82, 2.24) is 4.90 Å². The molecule has 110 valence electrons. The van der Waals surface area contributed by atoms with Crippen LogP contribution in [-0.4, -0.2) is 36.2 Å². The number of nitrogens with zero attached hydrogens (tertiary/aromatic N) is 2. The maximum absolute atomic E-state index is 12.1. The lowest BCUT2D eigenvalue weighted by Crippen LogP contribution is -2.33. The first-order valence-corrected chi connectivity index (χ1v) is 8.00. The third kappa shape index (κ3) is 3.13. The SMILES string of the molecule is COc1ccccc1C=C1SC(N2CCCCC2)=NC1=O. The number of aliphatic imine (C=N–C) groups is 1. The number of methoxy groups -OCH3 is 1. The molecule has 1 aromatic carbocycles. The Morgan fingerprint density at radius 3 is 2.76 bits per heavy atom. The number of thioether (sulfide) groups is 1. The van der Waals surface area contributed by atoms with Gasteiger partial charge in [-0.25, -0.2) is 0 Å². The largest absolute Gasteiger partial charge is 0.496 e. The first kappa shape index (κ1) is 14.2. The fourth-order valence-corrected chi connectivity index (χ4v) is 3.50. The number of likely N-dealkylation sites (tertiary alicyclic amines) is 1. The molecule has 1 fully saturated rings. The van der Waals surface area contributed by atoms with E-state index in [0.29, 0.717) is 4.91 Å². The number of ether oxygens (including phenoxy) is 1. The van der Waals surface area contributed by atoms with Gasteiger partial charge in [-0.2, -0.15) is 4.99 Å². The van der Waals surface area contributed by atoms with E-state index in [4.69, 9.17) is 4.74 Å². The van der Waals surface area contributed by atoms with Gasteiger partial charge < -0.3 is 9.64 Å². The molecular formula is C16H18N2O2S. The number of hydrogen-bond acceptors (Lipinski definition) is 4. The van der Waals surface area contributed by atoms with E-state index in [9.17, 15) is 4.79 Å². The lowest BCUT2D eigenvalue weighted by Gasteiger charge is -2.27. The van der Waals surface area contributed by atoms with Crippen molar-refractivity contribution in [3.05, 3.63) is 34.7 Å². The van der Waals surface area contributed by atoms with Gasteiger partial charge in [0.25, 0.3) is 5.91 Å². The first-order valence-electron chi connectivity index (χ1n) is 7.18. The standard InChI is InChI=1S/C16H18N2O2S/c1-20-13-8-4-3-7-12(13)11-14-15(19)17-16(21-14)18-9-5-2-6-10-18/h3-4,7-8,11H,2,5-6,9-10H2,1H3. The zero-order valence-corrected chi connectivity index (χ0v) is 12.9. The summed E-state index contributed by atoms with van der Waals surface area (Å²) in [5.41, 5.74) is 0.908. The topological polar surface area (TPSA) is 41.9 Å². The molecule has 21 heavy (non-hydrogen) atoms. The number of amides is 1. The summed E-state index contributed by atoms with van der Waals surface area (Å²) in [5, 5.41) is 0.848. The second-order valence-electron chi connectivity index (χ2n) is 5.10. The van der Waals surface area contributed by atoms with Crippen LogP contribution in [0.3, 0.4) is 0 Å². The molecule has 0 N–H and O–H groups in total. The maximum atomic E-state index is 12.1. The van der Waals surface area contributed by atoms with Crippen LogP contribution in [-0.2, 0) is 4.79 Å². The highest BCUT2D eigenvalue weighted by atomic mass is 32.2. The minimum absolute atomic E-state index is 0.147. The third-order valence-electron chi connectivity index (χ3n) is 3.66. The van der Waals surface area contributed by atoms with Crippen LogP contribution in [0.5, 0.6) is 5.75 Å². The van der Waals surface area contributed by atoms with Crippen LogP contribution in [0.2, 0.25) is 0 Å². The Hall–Kier alpha value is -1.75. The van der Waals surface area contributed by atoms with Crippen molar-refractivity contribution in [1.29, 1.82) is 0 Å². The number of para-hydroxylation sites is 1. The van der Waals surface area contributed by atoms with Gasteiger partial charge in [-0.3, -0.25) is 4.79 Å². The average Bonchev–Trinajstić information content (AvgIpc) is 2.90. The lowest BCUT2D eigenvalue weighted by atomic mass is 10.1. The zero-order chi connectivity index (χ0) is 14.7. The highest BCUT2D eigenvalue weighted by molar-refractivity contribution is 8.18. The van der Waals surface area contributed by atoms with Crippen molar-refractivity contribution in [3.8, 4) is 5.75 Å². The molecule has 0 aromatic heterocycles. The highest BCUT2D eigenvalue weighted by Gasteiger charge is 2.27. The number of carbonyl (C=O) groups excluding carboxylic acids is 1. The number of piperidine rings is 1. The average molecular weight is 302 g/mol. The Kier molecular flexibility index (Phi) is 4.29. The molecule has 2 heterocycles. The fourth-order valence-electron chi connectivity index (χ4n) is 2.55.